The van der Waals surface area contributed by atoms with Gasteiger partial charge in [-0.15, -0.1) is 0 Å². The molecule has 1 heterocycles. The number of carbonyl (C=O) groups is 2. The summed E-state index contributed by atoms with van der Waals surface area (Å²) >= 11 is 0. The predicted octanol–water partition coefficient (Wildman–Crippen LogP) is 4.13. The van der Waals surface area contributed by atoms with Crippen LogP contribution in [0.15, 0.2) is 54.3 Å². The van der Waals surface area contributed by atoms with Gasteiger partial charge in [0, 0.05) is 0 Å². The van der Waals surface area contributed by atoms with E-state index >= 15 is 0 Å². The van der Waals surface area contributed by atoms with Gasteiger partial charge in [0.2, 0.25) is 0 Å². The van der Waals surface area contributed by atoms with Gasteiger partial charge in [0.1, 0.15) is 5.75 Å². The molecule has 0 radical (unpaired) electrons. The standard InChI is InChI=1S/C22H23NO4/c1-4-15-5-9-17(10-6-15)23-21(25)19(20(24)22(23)26)16-7-11-18(12-8-16)27-13-14(2)3/h5-12,14,24H,4,13H2,1-3H3. The molecular weight excluding hydrogens is 342 g/mol. The van der Waals surface area contributed by atoms with Crippen LogP contribution in [0.2, 0.25) is 0 Å². The van der Waals surface area contributed by atoms with Gasteiger partial charge < -0.3 is 9.84 Å². The fourth-order valence-corrected chi connectivity index (χ4v) is 2.87. The number of benzene rings is 2. The van der Waals surface area contributed by atoms with Crippen molar-refractivity contribution in [2.45, 2.75) is 27.2 Å². The van der Waals surface area contributed by atoms with E-state index in [1.807, 2.05) is 19.1 Å². The number of amides is 2. The largest absolute Gasteiger partial charge is 0.502 e. The van der Waals surface area contributed by atoms with Crippen molar-refractivity contribution in [2.24, 2.45) is 5.92 Å². The number of ether oxygens (including phenoxy) is 1. The number of hydrogen-bond donors (Lipinski definition) is 1. The molecule has 140 valence electrons. The van der Waals surface area contributed by atoms with Gasteiger partial charge in [0.15, 0.2) is 5.76 Å². The molecule has 0 unspecified atom stereocenters. The van der Waals surface area contributed by atoms with E-state index in [1.165, 1.54) is 0 Å². The lowest BCUT2D eigenvalue weighted by atomic mass is 10.1. The predicted molar refractivity (Wildman–Crippen MR) is 105 cm³/mol. The zero-order chi connectivity index (χ0) is 19.6. The van der Waals surface area contributed by atoms with E-state index in [-0.39, 0.29) is 5.57 Å². The van der Waals surface area contributed by atoms with Gasteiger partial charge >= 0.3 is 5.91 Å². The molecule has 3 rings (SSSR count). The molecule has 27 heavy (non-hydrogen) atoms. The highest BCUT2D eigenvalue weighted by molar-refractivity contribution is 6.44. The minimum Gasteiger partial charge on any atom is -0.502 e. The molecule has 0 aliphatic carbocycles. The molecule has 0 bridgehead atoms. The SMILES string of the molecule is CCc1ccc(N2C(=O)C(O)=C(c3ccc(OCC(C)C)cc3)C2=O)cc1. The van der Waals surface area contributed by atoms with Gasteiger partial charge in [-0.25, -0.2) is 4.90 Å². The van der Waals surface area contributed by atoms with Crippen LogP contribution < -0.4 is 9.64 Å². The Morgan fingerprint density at radius 3 is 2.15 bits per heavy atom. The highest BCUT2D eigenvalue weighted by Gasteiger charge is 2.40. The monoisotopic (exact) mass is 365 g/mol. The van der Waals surface area contributed by atoms with Gasteiger partial charge in [-0.1, -0.05) is 45.0 Å². The van der Waals surface area contributed by atoms with Crippen molar-refractivity contribution in [3.05, 3.63) is 65.4 Å². The summed E-state index contributed by atoms with van der Waals surface area (Å²) in [6.45, 7) is 6.73. The average molecular weight is 365 g/mol. The summed E-state index contributed by atoms with van der Waals surface area (Å²) < 4.78 is 5.63. The van der Waals surface area contributed by atoms with E-state index in [9.17, 15) is 14.7 Å². The first-order chi connectivity index (χ1) is 12.9. The number of rotatable bonds is 6. The molecule has 2 aromatic carbocycles. The summed E-state index contributed by atoms with van der Waals surface area (Å²) in [7, 11) is 0. The third kappa shape index (κ3) is 3.72. The van der Waals surface area contributed by atoms with Crippen molar-refractivity contribution >= 4 is 23.1 Å². The van der Waals surface area contributed by atoms with E-state index in [4.69, 9.17) is 4.74 Å². The van der Waals surface area contributed by atoms with Gasteiger partial charge in [0.05, 0.1) is 17.9 Å². The highest BCUT2D eigenvalue weighted by Crippen LogP contribution is 2.32. The first kappa shape index (κ1) is 18.7. The van der Waals surface area contributed by atoms with Crippen LogP contribution in [-0.4, -0.2) is 23.5 Å². The maximum Gasteiger partial charge on any atom is 0.301 e. The summed E-state index contributed by atoms with van der Waals surface area (Å²) in [5.41, 5.74) is 2.04. The smallest absolute Gasteiger partial charge is 0.301 e. The van der Waals surface area contributed by atoms with Crippen molar-refractivity contribution < 1.29 is 19.4 Å². The molecule has 0 fully saturated rings. The fourth-order valence-electron chi connectivity index (χ4n) is 2.87. The first-order valence-corrected chi connectivity index (χ1v) is 9.06. The van der Waals surface area contributed by atoms with Gasteiger partial charge in [0.25, 0.3) is 5.91 Å². The number of carbonyl (C=O) groups excluding carboxylic acids is 2. The van der Waals surface area contributed by atoms with Crippen LogP contribution in [0.25, 0.3) is 5.57 Å². The van der Waals surface area contributed by atoms with Crippen LogP contribution in [0.5, 0.6) is 5.75 Å². The second-order valence-electron chi connectivity index (χ2n) is 6.92. The molecule has 0 atom stereocenters. The van der Waals surface area contributed by atoms with E-state index in [0.717, 1.165) is 16.9 Å². The minimum absolute atomic E-state index is 0.00924. The van der Waals surface area contributed by atoms with Crippen molar-refractivity contribution in [3.8, 4) is 5.75 Å². The molecule has 0 aromatic heterocycles. The quantitative estimate of drug-likeness (QED) is 0.782. The lowest BCUT2D eigenvalue weighted by Gasteiger charge is -2.15. The topological polar surface area (TPSA) is 66.8 Å². The summed E-state index contributed by atoms with van der Waals surface area (Å²) in [5.74, 6) is -0.693. The normalized spacial score (nSPS) is 14.4. The lowest BCUT2D eigenvalue weighted by Crippen LogP contribution is -2.31. The van der Waals surface area contributed by atoms with Gasteiger partial charge in [-0.2, -0.15) is 0 Å². The Hall–Kier alpha value is -3.08. The maximum absolute atomic E-state index is 12.8. The Labute approximate surface area is 158 Å². The molecule has 0 spiro atoms. The Kier molecular flexibility index (Phi) is 5.31. The van der Waals surface area contributed by atoms with Crippen LogP contribution in [0.1, 0.15) is 31.9 Å². The van der Waals surface area contributed by atoms with Crippen LogP contribution in [0, 0.1) is 5.92 Å². The van der Waals surface area contributed by atoms with Crippen LogP contribution >= 0.6 is 0 Å². The van der Waals surface area contributed by atoms with E-state index in [0.29, 0.717) is 29.5 Å². The molecule has 5 heteroatoms. The Morgan fingerprint density at radius 1 is 0.963 bits per heavy atom. The van der Waals surface area contributed by atoms with E-state index in [1.54, 1.807) is 36.4 Å². The average Bonchev–Trinajstić information content (AvgIpc) is 2.89. The molecule has 0 saturated heterocycles. The molecule has 1 N–H and O–H groups in total. The first-order valence-electron chi connectivity index (χ1n) is 9.06. The van der Waals surface area contributed by atoms with Crippen molar-refractivity contribution in [1.29, 1.82) is 0 Å². The third-order valence-electron chi connectivity index (χ3n) is 4.39. The van der Waals surface area contributed by atoms with E-state index in [2.05, 4.69) is 13.8 Å². The van der Waals surface area contributed by atoms with Crippen molar-refractivity contribution in [2.75, 3.05) is 11.5 Å². The number of aliphatic hydroxyl groups excluding tert-OH is 1. The summed E-state index contributed by atoms with van der Waals surface area (Å²) in [6.07, 6.45) is 0.863. The number of nitrogens with zero attached hydrogens (tertiary/aromatic N) is 1. The Morgan fingerprint density at radius 2 is 1.59 bits per heavy atom. The number of aryl methyl sites for hydroxylation is 1. The maximum atomic E-state index is 12.8. The number of aliphatic hydroxyl groups is 1. The zero-order valence-electron chi connectivity index (χ0n) is 15.7. The number of imide groups is 1. The molecule has 2 aromatic rings. The van der Waals surface area contributed by atoms with Crippen molar-refractivity contribution in [3.63, 3.8) is 0 Å². The Bertz CT molecular complexity index is 880. The molecule has 5 nitrogen and oxygen atoms in total. The zero-order valence-corrected chi connectivity index (χ0v) is 15.7. The summed E-state index contributed by atoms with van der Waals surface area (Å²) in [4.78, 5) is 26.3. The molecular formula is C22H23NO4. The van der Waals surface area contributed by atoms with E-state index < -0.39 is 17.6 Å². The Balaban J connectivity index is 1.85. The van der Waals surface area contributed by atoms with Gasteiger partial charge in [-0.3, -0.25) is 9.59 Å². The van der Waals surface area contributed by atoms with Crippen LogP contribution in [-0.2, 0) is 16.0 Å². The van der Waals surface area contributed by atoms with Gasteiger partial charge in [-0.05, 0) is 47.7 Å². The second kappa shape index (κ2) is 7.66. The molecule has 1 aliphatic rings. The lowest BCUT2D eigenvalue weighted by molar-refractivity contribution is -0.121. The number of anilines is 1. The molecule has 1 aliphatic heterocycles. The highest BCUT2D eigenvalue weighted by atomic mass is 16.5. The minimum atomic E-state index is -0.709. The van der Waals surface area contributed by atoms with Crippen molar-refractivity contribution in [1.82, 2.24) is 0 Å². The van der Waals surface area contributed by atoms with Crippen LogP contribution in [0.3, 0.4) is 0 Å². The molecule has 0 saturated carbocycles. The number of hydrogen-bond acceptors (Lipinski definition) is 4. The third-order valence-corrected chi connectivity index (χ3v) is 4.39. The molecule has 2 amide bonds. The summed E-state index contributed by atoms with van der Waals surface area (Å²) in [5, 5.41) is 10.3. The fraction of sp³-hybridized carbons (Fsp3) is 0.273. The second-order valence-corrected chi connectivity index (χ2v) is 6.92. The van der Waals surface area contributed by atoms with Crippen LogP contribution in [0.4, 0.5) is 5.69 Å². The summed E-state index contributed by atoms with van der Waals surface area (Å²) in [6, 6.07) is 14.0.